The van der Waals surface area contributed by atoms with Crippen LogP contribution in [0.4, 0.5) is 0 Å². The molecule has 0 amide bonds. The maximum absolute atomic E-state index is 12.8. The lowest BCUT2D eigenvalue weighted by atomic mass is 9.48. The first-order valence-electron chi connectivity index (χ1n) is 16.1. The number of aliphatic hydroxyl groups is 1. The van der Waals surface area contributed by atoms with E-state index in [1.807, 2.05) is 30.3 Å². The van der Waals surface area contributed by atoms with Gasteiger partial charge in [-0.2, -0.15) is 0 Å². The molecule has 0 saturated heterocycles. The summed E-state index contributed by atoms with van der Waals surface area (Å²) in [6.45, 7) is 11.7. The Kier molecular flexibility index (Phi) is 8.35. The Bertz CT molecular complexity index is 942. The lowest BCUT2D eigenvalue weighted by molar-refractivity contribution is -0.109. The molecule has 3 nitrogen and oxygen atoms in total. The molecule has 4 saturated carbocycles. The van der Waals surface area contributed by atoms with Crippen LogP contribution in [0.2, 0.25) is 0 Å². The highest BCUT2D eigenvalue weighted by Crippen LogP contribution is 2.66. The summed E-state index contributed by atoms with van der Waals surface area (Å²) >= 11 is 0. The third kappa shape index (κ3) is 5.35. The van der Waals surface area contributed by atoms with Crippen LogP contribution < -0.4 is 0 Å². The minimum absolute atomic E-state index is 0.0192. The first kappa shape index (κ1) is 28.2. The fourth-order valence-electron chi connectivity index (χ4n) is 10.2. The van der Waals surface area contributed by atoms with Crippen molar-refractivity contribution in [2.45, 2.75) is 123 Å². The van der Waals surface area contributed by atoms with E-state index in [0.717, 1.165) is 67.6 Å². The van der Waals surface area contributed by atoms with Crippen LogP contribution >= 0.6 is 0 Å². The van der Waals surface area contributed by atoms with Gasteiger partial charge < -0.3 is 9.84 Å². The van der Waals surface area contributed by atoms with Gasteiger partial charge in [0.15, 0.2) is 0 Å². The van der Waals surface area contributed by atoms with Crippen LogP contribution in [0.15, 0.2) is 30.3 Å². The summed E-state index contributed by atoms with van der Waals surface area (Å²) in [6.07, 6.45) is 14.7. The van der Waals surface area contributed by atoms with E-state index in [9.17, 15) is 9.90 Å². The van der Waals surface area contributed by atoms with Crippen molar-refractivity contribution in [1.82, 2.24) is 0 Å². The number of hydrogen-bond donors (Lipinski definition) is 1. The molecular weight excluding hydrogens is 468 g/mol. The molecule has 2 unspecified atom stereocenters. The molecule has 0 radical (unpaired) electrons. The molecule has 10 atom stereocenters. The van der Waals surface area contributed by atoms with Crippen molar-refractivity contribution >= 4 is 5.97 Å². The van der Waals surface area contributed by atoms with E-state index in [0.29, 0.717) is 22.8 Å². The van der Waals surface area contributed by atoms with E-state index in [2.05, 4.69) is 34.6 Å². The predicted molar refractivity (Wildman–Crippen MR) is 155 cm³/mol. The number of carbonyl (C=O) groups is 1. The van der Waals surface area contributed by atoms with Crippen molar-refractivity contribution in [2.24, 2.45) is 52.8 Å². The summed E-state index contributed by atoms with van der Waals surface area (Å²) in [6, 6.07) is 9.45. The van der Waals surface area contributed by atoms with Crippen LogP contribution in [0.5, 0.6) is 0 Å². The zero-order valence-corrected chi connectivity index (χ0v) is 24.8. The van der Waals surface area contributed by atoms with Crippen molar-refractivity contribution in [1.29, 1.82) is 0 Å². The zero-order valence-electron chi connectivity index (χ0n) is 24.8. The average Bonchev–Trinajstić information content (AvgIpc) is 3.28. The minimum Gasteiger partial charge on any atom is -0.459 e. The topological polar surface area (TPSA) is 46.5 Å². The number of rotatable bonds is 8. The smallest absolute Gasteiger partial charge is 0.338 e. The SMILES string of the molecule is CC[C@]1(O)CC[C@H]2[C@@H](CCC3[C@@H]2CC[C@]2(C)[C@@H]([C@H](C)CCC(OC(=O)c4ccccc4)C(C)C)CC[C@@H]32)C1. The first-order valence-corrected chi connectivity index (χ1v) is 16.1. The number of benzene rings is 1. The molecule has 0 bridgehead atoms. The third-order valence-electron chi connectivity index (χ3n) is 12.4. The highest BCUT2D eigenvalue weighted by Gasteiger charge is 2.58. The Morgan fingerprint density at radius 3 is 2.39 bits per heavy atom. The molecule has 1 N–H and O–H groups in total. The summed E-state index contributed by atoms with van der Waals surface area (Å²) in [7, 11) is 0. The second kappa shape index (κ2) is 11.3. The number of hydrogen-bond acceptors (Lipinski definition) is 3. The van der Waals surface area contributed by atoms with Gasteiger partial charge in [0.05, 0.1) is 11.2 Å². The van der Waals surface area contributed by atoms with Gasteiger partial charge in [0.1, 0.15) is 6.10 Å². The maximum atomic E-state index is 12.8. The monoisotopic (exact) mass is 522 g/mol. The molecule has 4 aliphatic rings. The Hall–Kier alpha value is -1.35. The van der Waals surface area contributed by atoms with Gasteiger partial charge in [-0.15, -0.1) is 0 Å². The van der Waals surface area contributed by atoms with Gasteiger partial charge in [-0.25, -0.2) is 4.79 Å². The molecule has 212 valence electrons. The maximum Gasteiger partial charge on any atom is 0.338 e. The minimum atomic E-state index is -0.381. The number of esters is 1. The van der Waals surface area contributed by atoms with Crippen molar-refractivity contribution in [3.63, 3.8) is 0 Å². The van der Waals surface area contributed by atoms with Gasteiger partial charge >= 0.3 is 5.97 Å². The summed E-state index contributed by atoms with van der Waals surface area (Å²) < 4.78 is 6.03. The molecular formula is C35H54O3. The molecule has 4 fully saturated rings. The average molecular weight is 523 g/mol. The van der Waals surface area contributed by atoms with Crippen LogP contribution in [0.3, 0.4) is 0 Å². The molecule has 1 aromatic carbocycles. The normalized spacial score (nSPS) is 40.1. The van der Waals surface area contributed by atoms with Gasteiger partial charge in [-0.05, 0) is 142 Å². The van der Waals surface area contributed by atoms with Gasteiger partial charge in [0.2, 0.25) is 0 Å². The van der Waals surface area contributed by atoms with E-state index >= 15 is 0 Å². The van der Waals surface area contributed by atoms with Crippen LogP contribution in [0.25, 0.3) is 0 Å². The highest BCUT2D eigenvalue weighted by molar-refractivity contribution is 5.89. The molecule has 1 aromatic rings. The van der Waals surface area contributed by atoms with Crippen molar-refractivity contribution in [3.8, 4) is 0 Å². The van der Waals surface area contributed by atoms with Gasteiger partial charge in [-0.1, -0.05) is 52.8 Å². The van der Waals surface area contributed by atoms with Crippen molar-refractivity contribution < 1.29 is 14.6 Å². The van der Waals surface area contributed by atoms with E-state index in [1.165, 1.54) is 44.9 Å². The molecule has 0 aliphatic heterocycles. The fourth-order valence-corrected chi connectivity index (χ4v) is 10.2. The summed E-state index contributed by atoms with van der Waals surface area (Å²) in [5.41, 5.74) is 0.746. The van der Waals surface area contributed by atoms with Crippen molar-refractivity contribution in [3.05, 3.63) is 35.9 Å². The number of fused-ring (bicyclic) bond motifs is 5. The molecule has 4 aliphatic carbocycles. The van der Waals surface area contributed by atoms with Crippen molar-refractivity contribution in [2.75, 3.05) is 0 Å². The van der Waals surface area contributed by atoms with Gasteiger partial charge in [-0.3, -0.25) is 0 Å². The molecule has 5 rings (SSSR count). The highest BCUT2D eigenvalue weighted by atomic mass is 16.5. The predicted octanol–water partition coefficient (Wildman–Crippen LogP) is 8.69. The standard InChI is InChI=1S/C35H54O3/c1-6-35(37)21-19-27-26(22-35)13-14-29-28(27)18-20-34(5)30(15-16-31(29)34)24(4)12-17-32(23(2)3)38-33(36)25-10-8-7-9-11-25/h7-11,23-24,26-32,37H,6,12-22H2,1-5H3/t24-,26+,27+,28-,29?,30-,31+,32?,34-,35+/m1/s1. The Morgan fingerprint density at radius 2 is 1.68 bits per heavy atom. The third-order valence-corrected chi connectivity index (χ3v) is 12.4. The summed E-state index contributed by atoms with van der Waals surface area (Å²) in [5.74, 6) is 5.95. The zero-order chi connectivity index (χ0) is 27.1. The van der Waals surface area contributed by atoms with E-state index in [1.54, 1.807) is 0 Å². The summed E-state index contributed by atoms with van der Waals surface area (Å²) in [5, 5.41) is 11.0. The van der Waals surface area contributed by atoms with E-state index in [4.69, 9.17) is 4.74 Å². The first-order chi connectivity index (χ1) is 18.1. The lowest BCUT2D eigenvalue weighted by Crippen LogP contribution is -2.51. The largest absolute Gasteiger partial charge is 0.459 e. The van der Waals surface area contributed by atoms with Crippen LogP contribution in [-0.2, 0) is 4.74 Å². The fraction of sp³-hybridized carbons (Fsp3) is 0.800. The summed E-state index contributed by atoms with van der Waals surface area (Å²) in [4.78, 5) is 12.8. The van der Waals surface area contributed by atoms with Crippen LogP contribution in [0, 0.1) is 52.8 Å². The van der Waals surface area contributed by atoms with Crippen LogP contribution in [0.1, 0.15) is 122 Å². The second-order valence-corrected chi connectivity index (χ2v) is 14.6. The van der Waals surface area contributed by atoms with Gasteiger partial charge in [0, 0.05) is 0 Å². The second-order valence-electron chi connectivity index (χ2n) is 14.6. The molecule has 0 heterocycles. The van der Waals surface area contributed by atoms with Gasteiger partial charge in [0.25, 0.3) is 0 Å². The Balaban J connectivity index is 1.20. The number of ether oxygens (including phenoxy) is 1. The lowest BCUT2D eigenvalue weighted by Gasteiger charge is -2.57. The Morgan fingerprint density at radius 1 is 0.947 bits per heavy atom. The molecule has 0 spiro atoms. The Labute approximate surface area is 232 Å². The van der Waals surface area contributed by atoms with E-state index < -0.39 is 0 Å². The van der Waals surface area contributed by atoms with E-state index in [-0.39, 0.29) is 17.7 Å². The quantitative estimate of drug-likeness (QED) is 0.347. The molecule has 3 heteroatoms. The molecule has 0 aromatic heterocycles. The number of carbonyl (C=O) groups excluding carboxylic acids is 1. The van der Waals surface area contributed by atoms with Crippen LogP contribution in [-0.4, -0.2) is 22.8 Å². The molecule has 38 heavy (non-hydrogen) atoms.